The molecule has 2 rings (SSSR count). The largest absolute Gasteiger partial charge is 0.493 e. The Bertz CT molecular complexity index is 573. The molecule has 0 fully saturated rings. The van der Waals surface area contributed by atoms with Crippen LogP contribution in [0, 0.1) is 0 Å². The molecule has 1 aromatic heterocycles. The van der Waals surface area contributed by atoms with Crippen LogP contribution in [-0.2, 0) is 12.3 Å². The number of pyridine rings is 1. The van der Waals surface area contributed by atoms with Gasteiger partial charge >= 0.3 is 0 Å². The number of methoxy groups -OCH3 is 2. The van der Waals surface area contributed by atoms with Crippen LogP contribution in [0.5, 0.6) is 11.5 Å². The van der Waals surface area contributed by atoms with Crippen LogP contribution in [0.2, 0.25) is 0 Å². The molecule has 21 heavy (non-hydrogen) atoms. The number of rotatable bonds is 7. The lowest BCUT2D eigenvalue weighted by atomic mass is 10.1. The monoisotopic (exact) mass is 306 g/mol. The van der Waals surface area contributed by atoms with Gasteiger partial charge < -0.3 is 14.8 Å². The molecule has 0 unspecified atom stereocenters. The minimum atomic E-state index is 0.485. The van der Waals surface area contributed by atoms with Crippen molar-refractivity contribution >= 4 is 17.4 Å². The van der Waals surface area contributed by atoms with Crippen molar-refractivity contribution < 1.29 is 9.47 Å². The van der Waals surface area contributed by atoms with E-state index in [-0.39, 0.29) is 0 Å². The number of hydrogen-bond acceptors (Lipinski definition) is 4. The Morgan fingerprint density at radius 2 is 1.81 bits per heavy atom. The molecule has 0 spiro atoms. The van der Waals surface area contributed by atoms with Crippen LogP contribution in [0.4, 0.5) is 5.82 Å². The fourth-order valence-electron chi connectivity index (χ4n) is 1.98. The molecule has 112 valence electrons. The molecule has 0 amide bonds. The third-order valence-corrected chi connectivity index (χ3v) is 3.46. The van der Waals surface area contributed by atoms with E-state index in [1.165, 1.54) is 5.56 Å². The van der Waals surface area contributed by atoms with E-state index in [0.717, 1.165) is 35.8 Å². The van der Waals surface area contributed by atoms with Crippen LogP contribution in [0.25, 0.3) is 0 Å². The SMILES string of the molecule is COc1ccc(CCNc2ccc(CCl)cn2)cc1OC. The summed E-state index contributed by atoms with van der Waals surface area (Å²) in [5.74, 6) is 2.83. The zero-order valence-corrected chi connectivity index (χ0v) is 13.0. The van der Waals surface area contributed by atoms with Crippen LogP contribution < -0.4 is 14.8 Å². The van der Waals surface area contributed by atoms with Gasteiger partial charge in [-0.1, -0.05) is 12.1 Å². The summed E-state index contributed by atoms with van der Waals surface area (Å²) in [6, 6.07) is 9.85. The minimum absolute atomic E-state index is 0.485. The maximum Gasteiger partial charge on any atom is 0.160 e. The Morgan fingerprint density at radius 1 is 1.05 bits per heavy atom. The number of nitrogens with one attached hydrogen (secondary N) is 1. The first-order chi connectivity index (χ1) is 10.3. The van der Waals surface area contributed by atoms with Crippen molar-refractivity contribution in [3.8, 4) is 11.5 Å². The molecule has 4 nitrogen and oxygen atoms in total. The Kier molecular flexibility index (Phi) is 5.69. The van der Waals surface area contributed by atoms with Gasteiger partial charge in [-0.3, -0.25) is 0 Å². The van der Waals surface area contributed by atoms with Crippen molar-refractivity contribution in [3.05, 3.63) is 47.7 Å². The highest BCUT2D eigenvalue weighted by atomic mass is 35.5. The zero-order chi connectivity index (χ0) is 15.1. The quantitative estimate of drug-likeness (QED) is 0.795. The number of anilines is 1. The predicted octanol–water partition coefficient (Wildman–Crippen LogP) is 3.49. The van der Waals surface area contributed by atoms with E-state index in [0.29, 0.717) is 5.88 Å². The van der Waals surface area contributed by atoms with Gasteiger partial charge in [0.05, 0.1) is 14.2 Å². The molecule has 0 atom stereocenters. The summed E-state index contributed by atoms with van der Waals surface area (Å²) in [4.78, 5) is 4.30. The summed E-state index contributed by atoms with van der Waals surface area (Å²) in [5, 5.41) is 3.28. The van der Waals surface area contributed by atoms with Crippen LogP contribution >= 0.6 is 11.6 Å². The van der Waals surface area contributed by atoms with Gasteiger partial charge in [0.15, 0.2) is 11.5 Å². The molecule has 5 heteroatoms. The van der Waals surface area contributed by atoms with E-state index in [1.807, 2.05) is 30.3 Å². The molecule has 2 aromatic rings. The first kappa shape index (κ1) is 15.4. The molecule has 0 aliphatic heterocycles. The molecule has 0 radical (unpaired) electrons. The van der Waals surface area contributed by atoms with E-state index in [1.54, 1.807) is 20.4 Å². The van der Waals surface area contributed by atoms with Gasteiger partial charge in [-0.2, -0.15) is 0 Å². The van der Waals surface area contributed by atoms with Crippen LogP contribution in [0.1, 0.15) is 11.1 Å². The lowest BCUT2D eigenvalue weighted by molar-refractivity contribution is 0.354. The number of halogens is 1. The van der Waals surface area contributed by atoms with Gasteiger partial charge in [0, 0.05) is 18.6 Å². The average molecular weight is 307 g/mol. The van der Waals surface area contributed by atoms with E-state index >= 15 is 0 Å². The van der Waals surface area contributed by atoms with Crippen LogP contribution in [0.3, 0.4) is 0 Å². The molecular weight excluding hydrogens is 288 g/mol. The molecule has 1 aromatic carbocycles. The van der Waals surface area contributed by atoms with Gasteiger partial charge in [-0.25, -0.2) is 4.98 Å². The number of alkyl halides is 1. The first-order valence-corrected chi connectivity index (χ1v) is 7.26. The van der Waals surface area contributed by atoms with Gasteiger partial charge in [-0.05, 0) is 35.7 Å². The second-order valence-electron chi connectivity index (χ2n) is 4.55. The second-order valence-corrected chi connectivity index (χ2v) is 4.82. The van der Waals surface area contributed by atoms with Gasteiger partial charge in [0.25, 0.3) is 0 Å². The zero-order valence-electron chi connectivity index (χ0n) is 12.2. The van der Waals surface area contributed by atoms with Crippen molar-refractivity contribution in [2.24, 2.45) is 0 Å². The molecule has 0 aliphatic rings. The molecule has 0 saturated carbocycles. The summed E-state index contributed by atoms with van der Waals surface area (Å²) in [7, 11) is 3.28. The van der Waals surface area contributed by atoms with Gasteiger partial charge in [-0.15, -0.1) is 11.6 Å². The van der Waals surface area contributed by atoms with Crippen LogP contribution in [0.15, 0.2) is 36.5 Å². The number of aromatic nitrogens is 1. The highest BCUT2D eigenvalue weighted by Gasteiger charge is 2.04. The summed E-state index contributed by atoms with van der Waals surface area (Å²) < 4.78 is 10.5. The Morgan fingerprint density at radius 3 is 2.43 bits per heavy atom. The topological polar surface area (TPSA) is 43.4 Å². The normalized spacial score (nSPS) is 10.2. The molecule has 1 N–H and O–H groups in total. The van der Waals surface area contributed by atoms with E-state index in [4.69, 9.17) is 21.1 Å². The summed E-state index contributed by atoms with van der Waals surface area (Å²) in [6.07, 6.45) is 2.66. The third kappa shape index (κ3) is 4.26. The fourth-order valence-corrected chi connectivity index (χ4v) is 2.14. The molecular formula is C16H19ClN2O2. The maximum absolute atomic E-state index is 5.73. The first-order valence-electron chi connectivity index (χ1n) is 6.72. The minimum Gasteiger partial charge on any atom is -0.493 e. The van der Waals surface area contributed by atoms with Gasteiger partial charge in [0.2, 0.25) is 0 Å². The van der Waals surface area contributed by atoms with Crippen molar-refractivity contribution in [2.75, 3.05) is 26.1 Å². The van der Waals surface area contributed by atoms with Gasteiger partial charge in [0.1, 0.15) is 5.82 Å². The molecule has 1 heterocycles. The summed E-state index contributed by atoms with van der Waals surface area (Å²) >= 11 is 5.73. The molecule has 0 bridgehead atoms. The number of ether oxygens (including phenoxy) is 2. The smallest absolute Gasteiger partial charge is 0.160 e. The molecule has 0 aliphatic carbocycles. The molecule has 0 saturated heterocycles. The Hall–Kier alpha value is -1.94. The van der Waals surface area contributed by atoms with Crippen molar-refractivity contribution in [1.29, 1.82) is 0 Å². The maximum atomic E-state index is 5.73. The highest BCUT2D eigenvalue weighted by Crippen LogP contribution is 2.27. The Labute approximate surface area is 130 Å². The number of nitrogens with zero attached hydrogens (tertiary/aromatic N) is 1. The standard InChI is InChI=1S/C16H19ClN2O2/c1-20-14-5-3-12(9-15(14)21-2)7-8-18-16-6-4-13(10-17)11-19-16/h3-6,9,11H,7-8,10H2,1-2H3,(H,18,19). The Balaban J connectivity index is 1.90. The second kappa shape index (κ2) is 7.74. The van der Waals surface area contributed by atoms with Crippen molar-refractivity contribution in [3.63, 3.8) is 0 Å². The lowest BCUT2D eigenvalue weighted by Gasteiger charge is -2.10. The number of benzene rings is 1. The van der Waals surface area contributed by atoms with Crippen molar-refractivity contribution in [2.45, 2.75) is 12.3 Å². The van der Waals surface area contributed by atoms with E-state index < -0.39 is 0 Å². The third-order valence-electron chi connectivity index (χ3n) is 3.15. The average Bonchev–Trinajstić information content (AvgIpc) is 2.55. The summed E-state index contributed by atoms with van der Waals surface area (Å²) in [5.41, 5.74) is 2.19. The van der Waals surface area contributed by atoms with Crippen LogP contribution in [-0.4, -0.2) is 25.7 Å². The fraction of sp³-hybridized carbons (Fsp3) is 0.312. The van der Waals surface area contributed by atoms with Crippen molar-refractivity contribution in [1.82, 2.24) is 4.98 Å². The predicted molar refractivity (Wildman–Crippen MR) is 85.5 cm³/mol. The lowest BCUT2D eigenvalue weighted by Crippen LogP contribution is -2.06. The number of hydrogen-bond donors (Lipinski definition) is 1. The van der Waals surface area contributed by atoms with E-state index in [9.17, 15) is 0 Å². The van der Waals surface area contributed by atoms with E-state index in [2.05, 4.69) is 10.3 Å². The summed E-state index contributed by atoms with van der Waals surface area (Å²) in [6.45, 7) is 0.794. The highest BCUT2D eigenvalue weighted by molar-refractivity contribution is 6.17.